The topological polar surface area (TPSA) is 64.6 Å². The van der Waals surface area contributed by atoms with Crippen LogP contribution in [0, 0.1) is 5.82 Å². The van der Waals surface area contributed by atoms with Gasteiger partial charge < -0.3 is 14.8 Å². The molecule has 0 fully saturated rings. The number of hydrogen-bond donors (Lipinski definition) is 1. The average molecular weight is 366 g/mol. The number of amides is 1. The Balaban J connectivity index is 1.89. The van der Waals surface area contributed by atoms with Gasteiger partial charge in [-0.1, -0.05) is 23.7 Å². The largest absolute Gasteiger partial charge is 0.497 e. The van der Waals surface area contributed by atoms with Crippen LogP contribution in [0.5, 0.6) is 5.75 Å². The highest BCUT2D eigenvalue weighted by molar-refractivity contribution is 6.33. The van der Waals surface area contributed by atoms with Crippen LogP contribution in [-0.4, -0.2) is 25.1 Å². The van der Waals surface area contributed by atoms with Crippen LogP contribution >= 0.6 is 11.6 Å². The van der Waals surface area contributed by atoms with E-state index in [1.54, 1.807) is 31.4 Å². The van der Waals surface area contributed by atoms with Crippen molar-refractivity contribution in [3.8, 4) is 5.75 Å². The van der Waals surface area contributed by atoms with Crippen molar-refractivity contribution in [2.75, 3.05) is 12.4 Å². The van der Waals surface area contributed by atoms with Gasteiger partial charge in [0.1, 0.15) is 11.6 Å². The number of hydrogen-bond acceptors (Lipinski definition) is 4. The van der Waals surface area contributed by atoms with E-state index in [-0.39, 0.29) is 17.1 Å². The minimum atomic E-state index is -1.02. The molecule has 7 heteroatoms. The smallest absolute Gasteiger partial charge is 0.311 e. The van der Waals surface area contributed by atoms with Gasteiger partial charge in [0.05, 0.1) is 24.2 Å². The lowest BCUT2D eigenvalue weighted by Gasteiger charge is -2.14. The normalized spacial score (nSPS) is 11.5. The van der Waals surface area contributed by atoms with Gasteiger partial charge in [0.2, 0.25) is 0 Å². The maximum atomic E-state index is 13.0. The summed E-state index contributed by atoms with van der Waals surface area (Å²) >= 11 is 5.84. The molecule has 0 aliphatic heterocycles. The van der Waals surface area contributed by atoms with E-state index < -0.39 is 23.8 Å². The van der Waals surface area contributed by atoms with E-state index >= 15 is 0 Å². The molecular formula is C18H17ClFNO4. The van der Waals surface area contributed by atoms with Gasteiger partial charge in [-0.3, -0.25) is 9.59 Å². The summed E-state index contributed by atoms with van der Waals surface area (Å²) in [6, 6.07) is 10.5. The minimum Gasteiger partial charge on any atom is -0.497 e. The number of anilines is 1. The lowest BCUT2D eigenvalue weighted by Crippen LogP contribution is -2.30. The first-order chi connectivity index (χ1) is 11.9. The van der Waals surface area contributed by atoms with Gasteiger partial charge in [-0.2, -0.15) is 0 Å². The molecule has 1 N–H and O–H groups in total. The second-order valence-corrected chi connectivity index (χ2v) is 5.68. The third kappa shape index (κ3) is 5.46. The van der Waals surface area contributed by atoms with Crippen molar-refractivity contribution in [3.63, 3.8) is 0 Å². The van der Waals surface area contributed by atoms with Gasteiger partial charge in [0, 0.05) is 0 Å². The van der Waals surface area contributed by atoms with Crippen LogP contribution in [-0.2, 0) is 20.7 Å². The van der Waals surface area contributed by atoms with E-state index in [2.05, 4.69) is 5.32 Å². The number of carbonyl (C=O) groups is 2. The predicted molar refractivity (Wildman–Crippen MR) is 92.3 cm³/mol. The molecule has 0 heterocycles. The second kappa shape index (κ2) is 8.48. The molecule has 0 radical (unpaired) electrons. The van der Waals surface area contributed by atoms with Crippen molar-refractivity contribution in [1.82, 2.24) is 0 Å². The summed E-state index contributed by atoms with van der Waals surface area (Å²) in [5.41, 5.74) is 0.978. The van der Waals surface area contributed by atoms with E-state index in [0.29, 0.717) is 5.75 Å². The number of nitrogens with one attached hydrogen (secondary N) is 1. The molecule has 0 aliphatic rings. The number of halogens is 2. The monoisotopic (exact) mass is 365 g/mol. The zero-order chi connectivity index (χ0) is 18.4. The summed E-state index contributed by atoms with van der Waals surface area (Å²) in [5.74, 6) is -0.933. The highest BCUT2D eigenvalue weighted by Gasteiger charge is 2.19. The Hall–Kier alpha value is -2.60. The Kier molecular flexibility index (Phi) is 6.36. The molecule has 0 aromatic heterocycles. The molecule has 0 saturated heterocycles. The lowest BCUT2D eigenvalue weighted by atomic mass is 10.1. The SMILES string of the molecule is COc1ccc(CC(=O)O[C@@H](C)C(=O)Nc2ccc(F)cc2Cl)cc1. The number of carbonyl (C=O) groups excluding carboxylic acids is 2. The highest BCUT2D eigenvalue weighted by atomic mass is 35.5. The third-order valence-electron chi connectivity index (χ3n) is 3.37. The van der Waals surface area contributed by atoms with Gasteiger partial charge in [-0.15, -0.1) is 0 Å². The lowest BCUT2D eigenvalue weighted by molar-refractivity contribution is -0.152. The summed E-state index contributed by atoms with van der Waals surface area (Å²) in [7, 11) is 1.55. The van der Waals surface area contributed by atoms with Crippen molar-refractivity contribution in [3.05, 3.63) is 58.9 Å². The first-order valence-electron chi connectivity index (χ1n) is 7.47. The van der Waals surface area contributed by atoms with Crippen LogP contribution in [0.15, 0.2) is 42.5 Å². The summed E-state index contributed by atoms with van der Waals surface area (Å²) in [6.07, 6.45) is -0.995. The van der Waals surface area contributed by atoms with Gasteiger partial charge in [0.15, 0.2) is 6.10 Å². The standard InChI is InChI=1S/C18H17ClFNO4/c1-11(18(23)21-16-8-5-13(20)10-15(16)19)25-17(22)9-12-3-6-14(24-2)7-4-12/h3-8,10-11H,9H2,1-2H3,(H,21,23)/t11-/m0/s1. The quantitative estimate of drug-likeness (QED) is 0.794. The predicted octanol–water partition coefficient (Wildman–Crippen LogP) is 3.60. The van der Waals surface area contributed by atoms with E-state index in [0.717, 1.165) is 11.6 Å². The fourth-order valence-corrected chi connectivity index (χ4v) is 2.24. The van der Waals surface area contributed by atoms with Gasteiger partial charge >= 0.3 is 5.97 Å². The third-order valence-corrected chi connectivity index (χ3v) is 3.69. The first-order valence-corrected chi connectivity index (χ1v) is 7.85. The number of rotatable bonds is 6. The molecule has 2 aromatic carbocycles. The minimum absolute atomic E-state index is 0.0267. The van der Waals surface area contributed by atoms with E-state index in [1.165, 1.54) is 19.1 Å². The Morgan fingerprint density at radius 3 is 2.48 bits per heavy atom. The van der Waals surface area contributed by atoms with Crippen molar-refractivity contribution < 1.29 is 23.5 Å². The number of methoxy groups -OCH3 is 1. The van der Waals surface area contributed by atoms with Crippen LogP contribution in [0.2, 0.25) is 5.02 Å². The molecule has 1 amide bonds. The Labute approximate surface area is 149 Å². The molecule has 0 aliphatic carbocycles. The molecular weight excluding hydrogens is 349 g/mol. The summed E-state index contributed by atoms with van der Waals surface area (Å²) in [4.78, 5) is 24.0. The maximum Gasteiger partial charge on any atom is 0.311 e. The molecule has 0 saturated carbocycles. The maximum absolute atomic E-state index is 13.0. The molecule has 2 rings (SSSR count). The van der Waals surface area contributed by atoms with E-state index in [9.17, 15) is 14.0 Å². The molecule has 0 bridgehead atoms. The van der Waals surface area contributed by atoms with Gasteiger partial charge in [-0.25, -0.2) is 4.39 Å². The first kappa shape index (κ1) is 18.7. The fraction of sp³-hybridized carbons (Fsp3) is 0.222. The Morgan fingerprint density at radius 2 is 1.88 bits per heavy atom. The van der Waals surface area contributed by atoms with E-state index in [1.807, 2.05) is 0 Å². The van der Waals surface area contributed by atoms with Crippen LogP contribution < -0.4 is 10.1 Å². The average Bonchev–Trinajstić information content (AvgIpc) is 2.57. The molecule has 0 spiro atoms. The highest BCUT2D eigenvalue weighted by Crippen LogP contribution is 2.22. The molecule has 25 heavy (non-hydrogen) atoms. The number of benzene rings is 2. The Bertz CT molecular complexity index is 764. The zero-order valence-corrected chi connectivity index (χ0v) is 14.5. The summed E-state index contributed by atoms with van der Waals surface area (Å²) in [5, 5.41) is 2.55. The molecule has 0 unspecified atom stereocenters. The van der Waals surface area contributed by atoms with Gasteiger partial charge in [-0.05, 0) is 42.8 Å². The number of esters is 1. The van der Waals surface area contributed by atoms with Crippen LogP contribution in [0.3, 0.4) is 0 Å². The van der Waals surface area contributed by atoms with Crippen LogP contribution in [0.25, 0.3) is 0 Å². The number of ether oxygens (including phenoxy) is 2. The van der Waals surface area contributed by atoms with E-state index in [4.69, 9.17) is 21.1 Å². The van der Waals surface area contributed by atoms with Crippen molar-refractivity contribution in [1.29, 1.82) is 0 Å². The Morgan fingerprint density at radius 1 is 1.20 bits per heavy atom. The molecule has 1 atom stereocenters. The summed E-state index contributed by atoms with van der Waals surface area (Å²) in [6.45, 7) is 1.44. The van der Waals surface area contributed by atoms with Crippen LogP contribution in [0.1, 0.15) is 12.5 Å². The fourth-order valence-electron chi connectivity index (χ4n) is 2.03. The zero-order valence-electron chi connectivity index (χ0n) is 13.7. The molecule has 2 aromatic rings. The van der Waals surface area contributed by atoms with Crippen LogP contribution in [0.4, 0.5) is 10.1 Å². The van der Waals surface area contributed by atoms with Crippen molar-refractivity contribution in [2.24, 2.45) is 0 Å². The van der Waals surface area contributed by atoms with Crippen molar-refractivity contribution in [2.45, 2.75) is 19.4 Å². The van der Waals surface area contributed by atoms with Crippen molar-refractivity contribution >= 4 is 29.2 Å². The summed E-state index contributed by atoms with van der Waals surface area (Å²) < 4.78 is 23.1. The second-order valence-electron chi connectivity index (χ2n) is 5.27. The molecule has 132 valence electrons. The van der Waals surface area contributed by atoms with Gasteiger partial charge in [0.25, 0.3) is 5.91 Å². The molecule has 5 nitrogen and oxygen atoms in total.